The van der Waals surface area contributed by atoms with E-state index in [2.05, 4.69) is 39.8 Å². The van der Waals surface area contributed by atoms with Crippen molar-refractivity contribution in [1.82, 2.24) is 0 Å². The lowest BCUT2D eigenvalue weighted by molar-refractivity contribution is -0.116. The van der Waals surface area contributed by atoms with Gasteiger partial charge in [-0.05, 0) is 55.1 Å². The average molecular weight is 290 g/mol. The molecule has 2 unspecified atom stereocenters. The fourth-order valence-corrected chi connectivity index (χ4v) is 2.83. The van der Waals surface area contributed by atoms with Crippen molar-refractivity contribution in [3.8, 4) is 0 Å². The quantitative estimate of drug-likeness (QED) is 0.605. The lowest BCUT2D eigenvalue weighted by Crippen LogP contribution is -2.00. The molecule has 1 saturated carbocycles. The van der Waals surface area contributed by atoms with E-state index in [0.717, 1.165) is 19.3 Å². The molecule has 0 N–H and O–H groups in total. The van der Waals surface area contributed by atoms with Gasteiger partial charge in [0.25, 0.3) is 0 Å². The highest BCUT2D eigenvalue weighted by Crippen LogP contribution is 2.32. The molecule has 0 aromatic rings. The molecular weight excluding hydrogens is 260 g/mol. The Morgan fingerprint density at radius 2 is 1.24 bits per heavy atom. The number of hydrogen-bond acceptors (Lipinski definition) is 2. The molecule has 1 fully saturated rings. The lowest BCUT2D eigenvalue weighted by Gasteiger charge is -2.04. The molecule has 0 aromatic carbocycles. The monoisotopic (exact) mass is 290 g/mol. The first-order valence-corrected chi connectivity index (χ1v) is 8.28. The van der Waals surface area contributed by atoms with Crippen LogP contribution in [-0.2, 0) is 9.59 Å². The maximum atomic E-state index is 11.7. The van der Waals surface area contributed by atoms with Gasteiger partial charge in [0.05, 0.1) is 0 Å². The second-order valence-corrected chi connectivity index (χ2v) is 7.18. The van der Waals surface area contributed by atoms with E-state index in [-0.39, 0.29) is 11.6 Å². The number of hydrogen-bond donors (Lipinski definition) is 0. The van der Waals surface area contributed by atoms with Gasteiger partial charge < -0.3 is 0 Å². The van der Waals surface area contributed by atoms with Crippen LogP contribution in [0.2, 0.25) is 0 Å². The number of ketones is 2. The smallest absolute Gasteiger partial charge is 0.155 e. The minimum absolute atomic E-state index is 0.233. The van der Waals surface area contributed by atoms with Crippen LogP contribution in [0.3, 0.4) is 0 Å². The van der Waals surface area contributed by atoms with Gasteiger partial charge in [-0.1, -0.05) is 39.8 Å². The molecule has 0 saturated heterocycles. The summed E-state index contributed by atoms with van der Waals surface area (Å²) in [5, 5.41) is 0. The van der Waals surface area contributed by atoms with E-state index < -0.39 is 0 Å². The first-order valence-electron chi connectivity index (χ1n) is 8.28. The molecule has 1 aliphatic carbocycles. The fraction of sp³-hybridized carbons (Fsp3) is 0.684. The number of allylic oxidation sites excluding steroid dienone is 4. The van der Waals surface area contributed by atoms with Crippen LogP contribution in [0, 0.1) is 23.7 Å². The third-order valence-corrected chi connectivity index (χ3v) is 3.84. The number of rotatable bonds is 8. The predicted octanol–water partition coefficient (Wildman–Crippen LogP) is 4.75. The van der Waals surface area contributed by atoms with Crippen molar-refractivity contribution in [1.29, 1.82) is 0 Å². The Hall–Kier alpha value is -1.18. The molecule has 2 nitrogen and oxygen atoms in total. The predicted molar refractivity (Wildman–Crippen MR) is 88.0 cm³/mol. The van der Waals surface area contributed by atoms with Gasteiger partial charge >= 0.3 is 0 Å². The first-order chi connectivity index (χ1) is 9.86. The van der Waals surface area contributed by atoms with Gasteiger partial charge in [-0.25, -0.2) is 0 Å². The second kappa shape index (κ2) is 8.96. The van der Waals surface area contributed by atoms with Crippen molar-refractivity contribution >= 4 is 11.6 Å². The molecule has 0 radical (unpaired) electrons. The molecular formula is C19H30O2. The number of carbonyl (C=O) groups excluding carboxylic acids is 2. The molecule has 1 aliphatic rings. The van der Waals surface area contributed by atoms with E-state index in [1.807, 2.05) is 0 Å². The van der Waals surface area contributed by atoms with Crippen molar-refractivity contribution < 1.29 is 9.59 Å². The van der Waals surface area contributed by atoms with Gasteiger partial charge in [-0.3, -0.25) is 9.59 Å². The molecule has 118 valence electrons. The molecule has 0 bridgehead atoms. The molecule has 0 spiro atoms. The van der Waals surface area contributed by atoms with Crippen LogP contribution in [-0.4, -0.2) is 11.6 Å². The third kappa shape index (κ3) is 7.99. The van der Waals surface area contributed by atoms with Crippen molar-refractivity contribution in [3.05, 3.63) is 24.3 Å². The van der Waals surface area contributed by atoms with Crippen LogP contribution >= 0.6 is 0 Å². The van der Waals surface area contributed by atoms with Crippen LogP contribution in [0.5, 0.6) is 0 Å². The Kier molecular flexibility index (Phi) is 7.63. The van der Waals surface area contributed by atoms with E-state index in [4.69, 9.17) is 0 Å². The van der Waals surface area contributed by atoms with E-state index in [1.54, 1.807) is 12.2 Å². The van der Waals surface area contributed by atoms with Gasteiger partial charge in [-0.15, -0.1) is 0 Å². The zero-order chi connectivity index (χ0) is 15.8. The minimum Gasteiger partial charge on any atom is -0.295 e. The van der Waals surface area contributed by atoms with E-state index in [1.165, 1.54) is 0 Å². The summed E-state index contributed by atoms with van der Waals surface area (Å²) >= 11 is 0. The van der Waals surface area contributed by atoms with Crippen molar-refractivity contribution in [2.75, 3.05) is 0 Å². The Balaban J connectivity index is 2.35. The Morgan fingerprint density at radius 1 is 0.857 bits per heavy atom. The first kappa shape index (κ1) is 17.9. The third-order valence-electron chi connectivity index (χ3n) is 3.84. The highest BCUT2D eigenvalue weighted by molar-refractivity contribution is 5.90. The van der Waals surface area contributed by atoms with Crippen LogP contribution in [0.1, 0.15) is 59.8 Å². The molecule has 1 rings (SSSR count). The summed E-state index contributed by atoms with van der Waals surface area (Å²) in [5.74, 6) is 2.31. The highest BCUT2D eigenvalue weighted by atomic mass is 16.1. The standard InChI is InChI=1S/C19H30O2/c1-14(2)11-18(20)9-7-16-5-6-17(13-16)8-10-19(21)12-15(3)4/h7-10,14-17H,5-6,11-13H2,1-4H3/b9-7+,10-8+. The van der Waals surface area contributed by atoms with Crippen molar-refractivity contribution in [2.24, 2.45) is 23.7 Å². The zero-order valence-electron chi connectivity index (χ0n) is 14.0. The average Bonchev–Trinajstić information content (AvgIpc) is 2.80. The largest absolute Gasteiger partial charge is 0.295 e. The summed E-state index contributed by atoms with van der Waals surface area (Å²) in [7, 11) is 0. The topological polar surface area (TPSA) is 34.1 Å². The molecule has 0 heterocycles. The molecule has 0 aromatic heterocycles. The summed E-state index contributed by atoms with van der Waals surface area (Å²) in [5.41, 5.74) is 0. The molecule has 0 aliphatic heterocycles. The van der Waals surface area contributed by atoms with Crippen LogP contribution in [0.25, 0.3) is 0 Å². The van der Waals surface area contributed by atoms with Crippen LogP contribution in [0.15, 0.2) is 24.3 Å². The fourth-order valence-electron chi connectivity index (χ4n) is 2.83. The summed E-state index contributed by atoms with van der Waals surface area (Å²) in [6.45, 7) is 8.26. The Labute approximate surface area is 129 Å². The minimum atomic E-state index is 0.233. The van der Waals surface area contributed by atoms with Gasteiger partial charge in [0.2, 0.25) is 0 Å². The lowest BCUT2D eigenvalue weighted by atomic mass is 10.0. The molecule has 0 amide bonds. The Morgan fingerprint density at radius 3 is 1.57 bits per heavy atom. The molecule has 2 atom stereocenters. The molecule has 2 heteroatoms. The van der Waals surface area contributed by atoms with Gasteiger partial charge in [0.15, 0.2) is 11.6 Å². The summed E-state index contributed by atoms with van der Waals surface area (Å²) in [4.78, 5) is 23.3. The van der Waals surface area contributed by atoms with E-state index >= 15 is 0 Å². The van der Waals surface area contributed by atoms with Crippen molar-refractivity contribution in [2.45, 2.75) is 59.8 Å². The zero-order valence-corrected chi connectivity index (χ0v) is 14.0. The van der Waals surface area contributed by atoms with Crippen LogP contribution in [0.4, 0.5) is 0 Å². The van der Waals surface area contributed by atoms with Crippen molar-refractivity contribution in [3.63, 3.8) is 0 Å². The normalized spacial score (nSPS) is 23.0. The highest BCUT2D eigenvalue weighted by Gasteiger charge is 2.21. The summed E-state index contributed by atoms with van der Waals surface area (Å²) in [6, 6.07) is 0. The summed E-state index contributed by atoms with van der Waals surface area (Å²) < 4.78 is 0. The number of carbonyl (C=O) groups is 2. The van der Waals surface area contributed by atoms with E-state index in [0.29, 0.717) is 36.5 Å². The van der Waals surface area contributed by atoms with Gasteiger partial charge in [0.1, 0.15) is 0 Å². The molecule has 21 heavy (non-hydrogen) atoms. The maximum absolute atomic E-state index is 11.7. The maximum Gasteiger partial charge on any atom is 0.155 e. The van der Waals surface area contributed by atoms with Gasteiger partial charge in [0, 0.05) is 12.8 Å². The second-order valence-electron chi connectivity index (χ2n) is 7.18. The summed E-state index contributed by atoms with van der Waals surface area (Å²) in [6.07, 6.45) is 12.3. The van der Waals surface area contributed by atoms with Crippen LogP contribution < -0.4 is 0 Å². The SMILES string of the molecule is CC(C)CC(=O)/C=C/C1CCC(/C=C/C(=O)CC(C)C)C1. The van der Waals surface area contributed by atoms with Gasteiger partial charge in [-0.2, -0.15) is 0 Å². The van der Waals surface area contributed by atoms with E-state index in [9.17, 15) is 9.59 Å². The Bertz CT molecular complexity index is 364.